The largest absolute Gasteiger partial charge is 0.502 e. The molecule has 8 heteroatoms. The van der Waals surface area contributed by atoms with Crippen LogP contribution in [-0.2, 0) is 12.8 Å². The van der Waals surface area contributed by atoms with Crippen molar-refractivity contribution in [3.63, 3.8) is 0 Å². The Balaban J connectivity index is 1.82. The SMILES string of the molecule is CCN1CC(C2c3cccc(F)c3CCc3c(F)cccc32)n2ncc(=O)c(O)c2C1=O. The average molecular weight is 437 g/mol. The van der Waals surface area contributed by atoms with Gasteiger partial charge in [0.25, 0.3) is 5.91 Å². The van der Waals surface area contributed by atoms with Gasteiger partial charge in [-0.05, 0) is 54.2 Å². The highest BCUT2D eigenvalue weighted by Crippen LogP contribution is 2.44. The molecule has 2 aliphatic rings. The van der Waals surface area contributed by atoms with Crippen molar-refractivity contribution >= 4 is 5.91 Å². The van der Waals surface area contributed by atoms with Gasteiger partial charge in [0.1, 0.15) is 11.6 Å². The van der Waals surface area contributed by atoms with Crippen LogP contribution in [0, 0.1) is 11.6 Å². The van der Waals surface area contributed by atoms with Crippen LogP contribution in [0.2, 0.25) is 0 Å². The van der Waals surface area contributed by atoms with Crippen molar-refractivity contribution in [1.82, 2.24) is 14.7 Å². The summed E-state index contributed by atoms with van der Waals surface area (Å²) < 4.78 is 31.1. The molecule has 3 aromatic rings. The van der Waals surface area contributed by atoms with Gasteiger partial charge in [0.2, 0.25) is 5.43 Å². The highest BCUT2D eigenvalue weighted by molar-refractivity contribution is 5.95. The van der Waals surface area contributed by atoms with E-state index in [1.165, 1.54) is 21.7 Å². The van der Waals surface area contributed by atoms with Crippen molar-refractivity contribution in [1.29, 1.82) is 0 Å². The minimum absolute atomic E-state index is 0.198. The number of aromatic nitrogens is 2. The molecule has 1 aromatic heterocycles. The number of nitrogens with zero attached hydrogens (tertiary/aromatic N) is 3. The summed E-state index contributed by atoms with van der Waals surface area (Å²) >= 11 is 0. The van der Waals surface area contributed by atoms with Gasteiger partial charge in [-0.15, -0.1) is 0 Å². The van der Waals surface area contributed by atoms with Crippen LogP contribution in [0.3, 0.4) is 0 Å². The molecule has 2 aromatic carbocycles. The Labute approximate surface area is 182 Å². The normalized spacial score (nSPS) is 18.0. The number of aromatic hydroxyl groups is 1. The average Bonchev–Trinajstić information content (AvgIpc) is 2.95. The van der Waals surface area contributed by atoms with Crippen molar-refractivity contribution in [2.24, 2.45) is 0 Å². The number of rotatable bonds is 2. The molecule has 1 N–H and O–H groups in total. The lowest BCUT2D eigenvalue weighted by Crippen LogP contribution is -2.47. The van der Waals surface area contributed by atoms with Crippen LogP contribution >= 0.6 is 0 Å². The first-order valence-corrected chi connectivity index (χ1v) is 10.6. The monoisotopic (exact) mass is 437 g/mol. The standard InChI is InChI=1S/C24H21F2N3O3/c1-2-28-12-19(29-22(24(28)32)23(31)20(30)11-27-29)21-15-5-3-7-17(25)13(15)9-10-14-16(21)6-4-8-18(14)26/h3-8,11,19,21,31H,2,9-10,12H2,1H3. The summed E-state index contributed by atoms with van der Waals surface area (Å²) in [7, 11) is 0. The lowest BCUT2D eigenvalue weighted by molar-refractivity contribution is 0.0645. The number of benzene rings is 2. The second-order valence-electron chi connectivity index (χ2n) is 8.15. The predicted molar refractivity (Wildman–Crippen MR) is 113 cm³/mol. The number of amides is 1. The van der Waals surface area contributed by atoms with E-state index in [-0.39, 0.29) is 23.9 Å². The van der Waals surface area contributed by atoms with Gasteiger partial charge in [0, 0.05) is 19.0 Å². The molecule has 1 atom stereocenters. The lowest BCUT2D eigenvalue weighted by Gasteiger charge is -2.39. The zero-order valence-electron chi connectivity index (χ0n) is 17.4. The fourth-order valence-electron chi connectivity index (χ4n) is 5.06. The zero-order chi connectivity index (χ0) is 22.6. The van der Waals surface area contributed by atoms with E-state index in [0.29, 0.717) is 41.6 Å². The summed E-state index contributed by atoms with van der Waals surface area (Å²) in [6.07, 6.45) is 1.65. The molecular formula is C24H21F2N3O3. The Kier molecular flexibility index (Phi) is 4.80. The van der Waals surface area contributed by atoms with Gasteiger partial charge in [0.05, 0.1) is 12.2 Å². The fraction of sp³-hybridized carbons (Fsp3) is 0.292. The zero-order valence-corrected chi connectivity index (χ0v) is 17.4. The number of carbonyl (C=O) groups is 1. The Hall–Kier alpha value is -3.55. The maximum absolute atomic E-state index is 14.9. The van der Waals surface area contributed by atoms with Crippen LogP contribution in [0.1, 0.15) is 51.6 Å². The smallest absolute Gasteiger partial charge is 0.276 e. The summed E-state index contributed by atoms with van der Waals surface area (Å²) in [5.74, 6) is -2.43. The second kappa shape index (κ2) is 7.55. The van der Waals surface area contributed by atoms with Gasteiger partial charge < -0.3 is 10.0 Å². The number of likely N-dealkylation sites (N-methyl/N-ethyl adjacent to an activating group) is 1. The number of hydrogen-bond donors (Lipinski definition) is 1. The molecule has 5 rings (SSSR count). The number of fused-ring (bicyclic) bond motifs is 3. The number of hydrogen-bond acceptors (Lipinski definition) is 4. The summed E-state index contributed by atoms with van der Waals surface area (Å²) in [6.45, 7) is 2.36. The fourth-order valence-corrected chi connectivity index (χ4v) is 5.06. The van der Waals surface area contributed by atoms with Crippen LogP contribution in [0.4, 0.5) is 8.78 Å². The van der Waals surface area contributed by atoms with Gasteiger partial charge in [-0.25, -0.2) is 8.78 Å². The van der Waals surface area contributed by atoms with E-state index in [2.05, 4.69) is 5.10 Å². The second-order valence-corrected chi connectivity index (χ2v) is 8.15. The quantitative estimate of drug-likeness (QED) is 0.668. The first-order valence-electron chi connectivity index (χ1n) is 10.6. The molecule has 1 amide bonds. The van der Waals surface area contributed by atoms with E-state index in [0.717, 1.165) is 6.20 Å². The van der Waals surface area contributed by atoms with Gasteiger partial charge in [0.15, 0.2) is 11.4 Å². The highest BCUT2D eigenvalue weighted by Gasteiger charge is 2.41. The van der Waals surface area contributed by atoms with Crippen LogP contribution < -0.4 is 5.43 Å². The third kappa shape index (κ3) is 2.93. The summed E-state index contributed by atoms with van der Waals surface area (Å²) in [5, 5.41) is 14.6. The van der Waals surface area contributed by atoms with E-state index in [1.54, 1.807) is 19.1 Å². The van der Waals surface area contributed by atoms with Crippen molar-refractivity contribution in [3.05, 3.63) is 92.4 Å². The molecule has 1 aliphatic heterocycles. The van der Waals surface area contributed by atoms with Crippen molar-refractivity contribution < 1.29 is 18.7 Å². The Morgan fingerprint density at radius 3 is 2.19 bits per heavy atom. The Morgan fingerprint density at radius 2 is 1.62 bits per heavy atom. The minimum Gasteiger partial charge on any atom is -0.502 e. The first kappa shape index (κ1) is 20.4. The number of carbonyl (C=O) groups excluding carboxylic acids is 1. The topological polar surface area (TPSA) is 75.4 Å². The van der Waals surface area contributed by atoms with Crippen LogP contribution in [0.25, 0.3) is 0 Å². The molecule has 0 saturated heterocycles. The lowest BCUT2D eigenvalue weighted by atomic mass is 9.81. The van der Waals surface area contributed by atoms with E-state index < -0.39 is 29.0 Å². The molecule has 2 heterocycles. The Morgan fingerprint density at radius 1 is 1.03 bits per heavy atom. The molecular weight excluding hydrogens is 416 g/mol. The van der Waals surface area contributed by atoms with Crippen LogP contribution in [0.15, 0.2) is 47.4 Å². The molecule has 0 spiro atoms. The van der Waals surface area contributed by atoms with Crippen molar-refractivity contribution in [3.8, 4) is 5.75 Å². The summed E-state index contributed by atoms with van der Waals surface area (Å²) in [4.78, 5) is 26.5. The minimum atomic E-state index is -0.750. The third-order valence-corrected chi connectivity index (χ3v) is 6.57. The van der Waals surface area contributed by atoms with Crippen LogP contribution in [0.5, 0.6) is 5.75 Å². The highest BCUT2D eigenvalue weighted by atomic mass is 19.1. The van der Waals surface area contributed by atoms with E-state index in [1.807, 2.05) is 12.1 Å². The molecule has 164 valence electrons. The predicted octanol–water partition coefficient (Wildman–Crippen LogP) is 3.17. The van der Waals surface area contributed by atoms with Gasteiger partial charge in [-0.1, -0.05) is 24.3 Å². The molecule has 1 unspecified atom stereocenters. The number of halogens is 2. The van der Waals surface area contributed by atoms with E-state index >= 15 is 0 Å². The van der Waals surface area contributed by atoms with Gasteiger partial charge in [-0.2, -0.15) is 5.10 Å². The maximum Gasteiger partial charge on any atom is 0.276 e. The molecule has 0 saturated carbocycles. The molecule has 6 nitrogen and oxygen atoms in total. The van der Waals surface area contributed by atoms with E-state index in [4.69, 9.17) is 0 Å². The summed E-state index contributed by atoms with van der Waals surface area (Å²) in [5.41, 5.74) is 1.43. The summed E-state index contributed by atoms with van der Waals surface area (Å²) in [6, 6.07) is 9.08. The van der Waals surface area contributed by atoms with Crippen molar-refractivity contribution in [2.75, 3.05) is 13.1 Å². The van der Waals surface area contributed by atoms with Gasteiger partial charge >= 0.3 is 0 Å². The molecule has 0 radical (unpaired) electrons. The first-order chi connectivity index (χ1) is 15.4. The molecule has 0 bridgehead atoms. The molecule has 32 heavy (non-hydrogen) atoms. The third-order valence-electron chi connectivity index (χ3n) is 6.57. The molecule has 0 fully saturated rings. The molecule has 1 aliphatic carbocycles. The van der Waals surface area contributed by atoms with Crippen molar-refractivity contribution in [2.45, 2.75) is 31.7 Å². The Bertz CT molecular complexity index is 1250. The van der Waals surface area contributed by atoms with Crippen LogP contribution in [-0.4, -0.2) is 38.8 Å². The van der Waals surface area contributed by atoms with Gasteiger partial charge in [-0.3, -0.25) is 14.3 Å². The van der Waals surface area contributed by atoms with E-state index in [9.17, 15) is 23.5 Å². The maximum atomic E-state index is 14.9.